The third-order valence-corrected chi connectivity index (χ3v) is 2.46. The molecule has 2 rings (SSSR count). The molecule has 88 valence electrons. The third-order valence-electron chi connectivity index (χ3n) is 2.46. The molecule has 2 aromatic rings. The van der Waals surface area contributed by atoms with Crippen molar-refractivity contribution in [2.24, 2.45) is 0 Å². The van der Waals surface area contributed by atoms with E-state index in [1.165, 1.54) is 12.4 Å². The van der Waals surface area contributed by atoms with Crippen molar-refractivity contribution < 1.29 is 4.39 Å². The largest absolute Gasteiger partial charge is 0.383 e. The molecular formula is C12H13FN4. The summed E-state index contributed by atoms with van der Waals surface area (Å²) in [4.78, 5) is 11.9. The molecule has 0 unspecified atom stereocenters. The van der Waals surface area contributed by atoms with Gasteiger partial charge in [0.1, 0.15) is 18.0 Å². The fraction of sp³-hybridized carbons (Fsp3) is 0.250. The van der Waals surface area contributed by atoms with Gasteiger partial charge in [0.05, 0.1) is 11.9 Å². The van der Waals surface area contributed by atoms with Crippen LogP contribution < -0.4 is 5.73 Å². The normalized spacial score (nSPS) is 10.5. The first-order valence-corrected chi connectivity index (χ1v) is 5.42. The van der Waals surface area contributed by atoms with Gasteiger partial charge in [-0.3, -0.25) is 4.98 Å². The van der Waals surface area contributed by atoms with E-state index in [9.17, 15) is 4.39 Å². The number of hydrogen-bond donors (Lipinski definition) is 1. The van der Waals surface area contributed by atoms with Crippen LogP contribution in [0.25, 0.3) is 11.3 Å². The van der Waals surface area contributed by atoms with E-state index in [1.807, 2.05) is 6.92 Å². The quantitative estimate of drug-likeness (QED) is 0.881. The molecule has 0 spiro atoms. The summed E-state index contributed by atoms with van der Waals surface area (Å²) < 4.78 is 13.1. The minimum absolute atomic E-state index is 0.387. The molecule has 5 heteroatoms. The molecule has 2 heterocycles. The van der Waals surface area contributed by atoms with E-state index >= 15 is 0 Å². The van der Waals surface area contributed by atoms with Crippen LogP contribution in [-0.2, 0) is 6.42 Å². The highest BCUT2D eigenvalue weighted by Gasteiger charge is 2.11. The summed E-state index contributed by atoms with van der Waals surface area (Å²) in [6.07, 6.45) is 5.80. The molecule has 0 aromatic carbocycles. The van der Waals surface area contributed by atoms with Crippen LogP contribution in [-0.4, -0.2) is 15.0 Å². The maximum atomic E-state index is 13.1. The van der Waals surface area contributed by atoms with Gasteiger partial charge in [-0.05, 0) is 12.5 Å². The molecule has 0 amide bonds. The Labute approximate surface area is 98.7 Å². The fourth-order valence-corrected chi connectivity index (χ4v) is 1.71. The van der Waals surface area contributed by atoms with Gasteiger partial charge in [-0.25, -0.2) is 14.4 Å². The lowest BCUT2D eigenvalue weighted by Gasteiger charge is -2.09. The van der Waals surface area contributed by atoms with Crippen LogP contribution in [0.3, 0.4) is 0 Å². The molecule has 0 radical (unpaired) electrons. The Kier molecular flexibility index (Phi) is 3.27. The highest BCUT2D eigenvalue weighted by Crippen LogP contribution is 2.25. The van der Waals surface area contributed by atoms with Gasteiger partial charge in [0.15, 0.2) is 0 Å². The first kappa shape index (κ1) is 11.4. The predicted octanol–water partition coefficient (Wildman–Crippen LogP) is 2.21. The van der Waals surface area contributed by atoms with Gasteiger partial charge in [-0.2, -0.15) is 0 Å². The topological polar surface area (TPSA) is 64.7 Å². The van der Waals surface area contributed by atoms with Gasteiger partial charge in [-0.15, -0.1) is 0 Å². The average molecular weight is 232 g/mol. The molecule has 0 aliphatic heterocycles. The first-order valence-electron chi connectivity index (χ1n) is 5.42. The highest BCUT2D eigenvalue weighted by atomic mass is 19.1. The lowest BCUT2D eigenvalue weighted by Crippen LogP contribution is -2.02. The minimum atomic E-state index is -0.387. The number of pyridine rings is 1. The maximum Gasteiger partial charge on any atom is 0.142 e. The second-order valence-electron chi connectivity index (χ2n) is 3.73. The zero-order valence-electron chi connectivity index (χ0n) is 9.52. The number of nitrogen functional groups attached to an aromatic ring is 1. The number of nitrogens with two attached hydrogens (primary N) is 1. The summed E-state index contributed by atoms with van der Waals surface area (Å²) in [6.45, 7) is 2.04. The van der Waals surface area contributed by atoms with Crippen LogP contribution in [0.2, 0.25) is 0 Å². The number of nitrogens with zero attached hydrogens (tertiary/aromatic N) is 3. The average Bonchev–Trinajstić information content (AvgIpc) is 2.32. The molecule has 0 aliphatic carbocycles. The number of hydrogen-bond acceptors (Lipinski definition) is 4. The second kappa shape index (κ2) is 4.86. The number of anilines is 1. The van der Waals surface area contributed by atoms with Gasteiger partial charge in [0.25, 0.3) is 0 Å². The standard InChI is InChI=1S/C12H13FN4/c1-2-3-10-11(16-7-17-12(10)14)8-4-9(13)6-15-5-8/h4-7H,2-3H2,1H3,(H2,14,16,17). The smallest absolute Gasteiger partial charge is 0.142 e. The Morgan fingerprint density at radius 3 is 2.82 bits per heavy atom. The summed E-state index contributed by atoms with van der Waals surface area (Å²) in [5.41, 5.74) is 7.95. The minimum Gasteiger partial charge on any atom is -0.383 e. The summed E-state index contributed by atoms with van der Waals surface area (Å²) in [5, 5.41) is 0. The van der Waals surface area contributed by atoms with Crippen LogP contribution >= 0.6 is 0 Å². The predicted molar refractivity (Wildman–Crippen MR) is 63.6 cm³/mol. The van der Waals surface area contributed by atoms with Crippen LogP contribution in [0.15, 0.2) is 24.8 Å². The molecular weight excluding hydrogens is 219 g/mol. The zero-order chi connectivity index (χ0) is 12.3. The van der Waals surface area contributed by atoms with E-state index in [1.54, 1.807) is 6.20 Å². The van der Waals surface area contributed by atoms with E-state index in [0.29, 0.717) is 17.1 Å². The van der Waals surface area contributed by atoms with Crippen molar-refractivity contribution >= 4 is 5.82 Å². The summed E-state index contributed by atoms with van der Waals surface area (Å²) in [7, 11) is 0. The van der Waals surface area contributed by atoms with Crippen molar-refractivity contribution in [2.45, 2.75) is 19.8 Å². The van der Waals surface area contributed by atoms with Gasteiger partial charge in [-0.1, -0.05) is 13.3 Å². The summed E-state index contributed by atoms with van der Waals surface area (Å²) >= 11 is 0. The highest BCUT2D eigenvalue weighted by molar-refractivity contribution is 5.66. The monoisotopic (exact) mass is 232 g/mol. The van der Waals surface area contributed by atoms with E-state index in [2.05, 4.69) is 15.0 Å². The second-order valence-corrected chi connectivity index (χ2v) is 3.73. The van der Waals surface area contributed by atoms with E-state index in [-0.39, 0.29) is 5.82 Å². The van der Waals surface area contributed by atoms with Crippen molar-refractivity contribution in [3.63, 3.8) is 0 Å². The molecule has 0 atom stereocenters. The molecule has 4 nitrogen and oxygen atoms in total. The molecule has 2 aromatic heterocycles. The Morgan fingerprint density at radius 2 is 2.12 bits per heavy atom. The number of halogens is 1. The summed E-state index contributed by atoms with van der Waals surface area (Å²) in [5.74, 6) is 0.0586. The van der Waals surface area contributed by atoms with Crippen molar-refractivity contribution in [1.29, 1.82) is 0 Å². The van der Waals surface area contributed by atoms with Gasteiger partial charge in [0.2, 0.25) is 0 Å². The first-order chi connectivity index (χ1) is 8.22. The van der Waals surface area contributed by atoms with Crippen LogP contribution in [0.5, 0.6) is 0 Å². The summed E-state index contributed by atoms with van der Waals surface area (Å²) in [6, 6.07) is 1.40. The van der Waals surface area contributed by atoms with Crippen molar-refractivity contribution in [3.05, 3.63) is 36.2 Å². The Bertz CT molecular complexity index is 528. The van der Waals surface area contributed by atoms with Gasteiger partial charge < -0.3 is 5.73 Å². The Morgan fingerprint density at radius 1 is 1.29 bits per heavy atom. The van der Waals surface area contributed by atoms with Crippen LogP contribution in [0, 0.1) is 5.82 Å². The lowest BCUT2D eigenvalue weighted by atomic mass is 10.0. The van der Waals surface area contributed by atoms with Crippen molar-refractivity contribution in [1.82, 2.24) is 15.0 Å². The Balaban J connectivity index is 2.54. The van der Waals surface area contributed by atoms with Gasteiger partial charge in [0, 0.05) is 17.3 Å². The molecule has 0 aliphatic rings. The molecule has 0 saturated carbocycles. The molecule has 2 N–H and O–H groups in total. The Hall–Kier alpha value is -2.04. The molecule has 0 fully saturated rings. The van der Waals surface area contributed by atoms with E-state index in [0.717, 1.165) is 24.6 Å². The SMILES string of the molecule is CCCc1c(N)ncnc1-c1cncc(F)c1. The van der Waals surface area contributed by atoms with Crippen molar-refractivity contribution in [3.8, 4) is 11.3 Å². The van der Waals surface area contributed by atoms with Gasteiger partial charge >= 0.3 is 0 Å². The van der Waals surface area contributed by atoms with Crippen molar-refractivity contribution in [2.75, 3.05) is 5.73 Å². The van der Waals surface area contributed by atoms with Crippen LogP contribution in [0.4, 0.5) is 10.2 Å². The molecule has 0 bridgehead atoms. The maximum absolute atomic E-state index is 13.1. The van der Waals surface area contributed by atoms with Crippen LogP contribution in [0.1, 0.15) is 18.9 Å². The molecule has 17 heavy (non-hydrogen) atoms. The van der Waals surface area contributed by atoms with E-state index < -0.39 is 0 Å². The number of rotatable bonds is 3. The zero-order valence-corrected chi connectivity index (χ0v) is 9.52. The molecule has 0 saturated heterocycles. The third kappa shape index (κ3) is 2.38. The van der Waals surface area contributed by atoms with E-state index in [4.69, 9.17) is 5.73 Å². The fourth-order valence-electron chi connectivity index (χ4n) is 1.71. The lowest BCUT2D eigenvalue weighted by molar-refractivity contribution is 0.622. The number of aromatic nitrogens is 3.